The lowest BCUT2D eigenvalue weighted by molar-refractivity contribution is 0.210. The Morgan fingerprint density at radius 2 is 1.76 bits per heavy atom. The summed E-state index contributed by atoms with van der Waals surface area (Å²) in [5.74, 6) is 5.63. The van der Waals surface area contributed by atoms with Crippen LogP contribution in [0.25, 0.3) is 0 Å². The number of nitrogens with zero attached hydrogens (tertiary/aromatic N) is 1. The van der Waals surface area contributed by atoms with E-state index in [0.717, 1.165) is 11.3 Å². The Labute approximate surface area is 192 Å². The van der Waals surface area contributed by atoms with Crippen molar-refractivity contribution in [2.24, 2.45) is 5.92 Å². The van der Waals surface area contributed by atoms with Gasteiger partial charge in [-0.2, -0.15) is 4.31 Å². The number of fused-ring (bicyclic) bond motifs is 3. The zero-order valence-electron chi connectivity index (χ0n) is 17.8. The van der Waals surface area contributed by atoms with Gasteiger partial charge in [0.15, 0.2) is 0 Å². The number of benzene rings is 3. The predicted octanol–water partition coefficient (Wildman–Crippen LogP) is 3.76. The van der Waals surface area contributed by atoms with Crippen molar-refractivity contribution < 1.29 is 17.9 Å². The molecule has 0 amide bonds. The highest BCUT2D eigenvalue weighted by Gasteiger charge is 2.48. The Hall–Kier alpha value is -3.18. The summed E-state index contributed by atoms with van der Waals surface area (Å²) in [7, 11) is -3.71. The van der Waals surface area contributed by atoms with E-state index in [2.05, 4.69) is 17.2 Å². The Bertz CT molecular complexity index is 1350. The molecule has 3 aromatic rings. The summed E-state index contributed by atoms with van der Waals surface area (Å²) in [5, 5.41) is 13.3. The average molecular weight is 463 g/mol. The number of sulfonamides is 1. The van der Waals surface area contributed by atoms with Gasteiger partial charge >= 0.3 is 0 Å². The van der Waals surface area contributed by atoms with Crippen molar-refractivity contribution in [3.05, 3.63) is 95.3 Å². The highest BCUT2D eigenvalue weighted by molar-refractivity contribution is 7.89. The van der Waals surface area contributed by atoms with Crippen LogP contribution in [0.4, 0.5) is 10.1 Å². The summed E-state index contributed by atoms with van der Waals surface area (Å²) in [4.78, 5) is 0.258. The van der Waals surface area contributed by atoms with Crippen LogP contribution in [0.1, 0.15) is 29.2 Å². The molecule has 1 saturated heterocycles. The van der Waals surface area contributed by atoms with E-state index >= 15 is 0 Å². The maximum absolute atomic E-state index is 13.5. The van der Waals surface area contributed by atoms with Crippen LogP contribution >= 0.6 is 0 Å². The molecule has 2 N–H and O–H groups in total. The van der Waals surface area contributed by atoms with Gasteiger partial charge in [0.1, 0.15) is 5.82 Å². The molecule has 0 aromatic heterocycles. The standard InChI is InChI=1S/C26H23FN2O3S/c27-20-6-4-5-18(15-20)9-10-19-11-12-24-23(16-19)26-22(25(17-30)28-24)13-14-29(26)33(31,32)21-7-2-1-3-8-21/h1-8,11-12,15-16,22,25-26,28,30H,13-14,17H2/t22-,25+,26-/m0/s1. The molecule has 1 fully saturated rings. The fourth-order valence-electron chi connectivity index (χ4n) is 4.81. The van der Waals surface area contributed by atoms with Crippen LogP contribution in [0.3, 0.4) is 0 Å². The van der Waals surface area contributed by atoms with Gasteiger partial charge in [-0.3, -0.25) is 0 Å². The molecule has 0 saturated carbocycles. The van der Waals surface area contributed by atoms with E-state index in [9.17, 15) is 17.9 Å². The van der Waals surface area contributed by atoms with Crippen LogP contribution in [-0.4, -0.2) is 37.0 Å². The highest BCUT2D eigenvalue weighted by atomic mass is 32.2. The number of anilines is 1. The van der Waals surface area contributed by atoms with Crippen LogP contribution in [0.15, 0.2) is 77.7 Å². The zero-order chi connectivity index (χ0) is 23.0. The lowest BCUT2D eigenvalue weighted by Gasteiger charge is -2.38. The van der Waals surface area contributed by atoms with Gasteiger partial charge in [-0.1, -0.05) is 36.1 Å². The second kappa shape index (κ2) is 8.64. The number of aliphatic hydroxyl groups excluding tert-OH is 1. The van der Waals surface area contributed by atoms with Crippen molar-refractivity contribution in [3.63, 3.8) is 0 Å². The third kappa shape index (κ3) is 4.02. The van der Waals surface area contributed by atoms with E-state index in [-0.39, 0.29) is 29.3 Å². The fraction of sp³-hybridized carbons (Fsp3) is 0.231. The van der Waals surface area contributed by atoms with E-state index in [0.29, 0.717) is 24.1 Å². The molecule has 2 aliphatic rings. The minimum Gasteiger partial charge on any atom is -0.394 e. The van der Waals surface area contributed by atoms with Gasteiger partial charge in [-0.05, 0) is 60.5 Å². The number of hydrogen-bond donors (Lipinski definition) is 2. The minimum atomic E-state index is -3.71. The van der Waals surface area contributed by atoms with Gasteiger partial charge < -0.3 is 10.4 Å². The Kier molecular flexibility index (Phi) is 5.67. The number of halogens is 1. The topological polar surface area (TPSA) is 69.6 Å². The summed E-state index contributed by atoms with van der Waals surface area (Å²) in [6.45, 7) is 0.296. The maximum Gasteiger partial charge on any atom is 0.243 e. The second-order valence-corrected chi connectivity index (χ2v) is 10.2. The first kappa shape index (κ1) is 21.7. The summed E-state index contributed by atoms with van der Waals surface area (Å²) in [6, 6.07) is 19.5. The molecule has 0 unspecified atom stereocenters. The Morgan fingerprint density at radius 1 is 1.00 bits per heavy atom. The smallest absolute Gasteiger partial charge is 0.243 e. The molecule has 2 heterocycles. The number of rotatable bonds is 3. The third-order valence-corrected chi connectivity index (χ3v) is 8.24. The molecule has 3 atom stereocenters. The monoisotopic (exact) mass is 462 g/mol. The minimum absolute atomic E-state index is 0.0626. The van der Waals surface area contributed by atoms with Gasteiger partial charge in [-0.15, -0.1) is 0 Å². The number of nitrogens with one attached hydrogen (secondary N) is 1. The normalized spacial score (nSPS) is 21.9. The summed E-state index contributed by atoms with van der Waals surface area (Å²) >= 11 is 0. The first-order chi connectivity index (χ1) is 16.0. The zero-order valence-corrected chi connectivity index (χ0v) is 18.6. The fourth-order valence-corrected chi connectivity index (χ4v) is 6.49. The van der Waals surface area contributed by atoms with Crippen LogP contribution in [0.2, 0.25) is 0 Å². The molecular weight excluding hydrogens is 439 g/mol. The number of hydrogen-bond acceptors (Lipinski definition) is 4. The first-order valence-electron chi connectivity index (χ1n) is 10.8. The van der Waals surface area contributed by atoms with E-state index in [1.54, 1.807) is 46.8 Å². The average Bonchev–Trinajstić information content (AvgIpc) is 3.29. The highest BCUT2D eigenvalue weighted by Crippen LogP contribution is 2.48. The van der Waals surface area contributed by atoms with Crippen molar-refractivity contribution >= 4 is 15.7 Å². The largest absolute Gasteiger partial charge is 0.394 e. The molecule has 5 rings (SSSR count). The lowest BCUT2D eigenvalue weighted by atomic mass is 9.83. The number of aliphatic hydroxyl groups is 1. The van der Waals surface area contributed by atoms with Crippen molar-refractivity contribution in [1.29, 1.82) is 0 Å². The maximum atomic E-state index is 13.5. The van der Waals surface area contributed by atoms with Gasteiger partial charge in [0.25, 0.3) is 0 Å². The quantitative estimate of drug-likeness (QED) is 0.582. The van der Waals surface area contributed by atoms with Crippen LogP contribution in [-0.2, 0) is 10.0 Å². The van der Waals surface area contributed by atoms with Crippen molar-refractivity contribution in [2.75, 3.05) is 18.5 Å². The lowest BCUT2D eigenvalue weighted by Crippen LogP contribution is -2.42. The molecule has 0 spiro atoms. The van der Waals surface area contributed by atoms with E-state index < -0.39 is 16.1 Å². The van der Waals surface area contributed by atoms with Gasteiger partial charge in [0, 0.05) is 29.3 Å². The van der Waals surface area contributed by atoms with E-state index in [4.69, 9.17) is 0 Å². The van der Waals surface area contributed by atoms with Gasteiger partial charge in [0.05, 0.1) is 23.6 Å². The van der Waals surface area contributed by atoms with Crippen molar-refractivity contribution in [3.8, 4) is 11.8 Å². The van der Waals surface area contributed by atoms with Crippen LogP contribution < -0.4 is 5.32 Å². The molecule has 33 heavy (non-hydrogen) atoms. The van der Waals surface area contributed by atoms with Crippen LogP contribution in [0.5, 0.6) is 0 Å². The molecule has 0 bridgehead atoms. The SMILES string of the molecule is O=S(=O)(c1ccccc1)N1CC[C@@H]2[C@H]1c1cc(C#Cc3cccc(F)c3)ccc1N[C@@H]2CO. The van der Waals surface area contributed by atoms with Gasteiger partial charge in [0.2, 0.25) is 10.0 Å². The molecule has 0 radical (unpaired) electrons. The Balaban J connectivity index is 1.56. The first-order valence-corrected chi connectivity index (χ1v) is 12.3. The van der Waals surface area contributed by atoms with Gasteiger partial charge in [-0.25, -0.2) is 12.8 Å². The molecule has 5 nitrogen and oxygen atoms in total. The van der Waals surface area contributed by atoms with Crippen molar-refractivity contribution in [1.82, 2.24) is 4.31 Å². The molecule has 3 aromatic carbocycles. The predicted molar refractivity (Wildman–Crippen MR) is 125 cm³/mol. The third-order valence-electron chi connectivity index (χ3n) is 6.35. The molecule has 2 aliphatic heterocycles. The van der Waals surface area contributed by atoms with E-state index in [1.807, 2.05) is 18.2 Å². The molecular formula is C26H23FN2O3S. The Morgan fingerprint density at radius 3 is 2.48 bits per heavy atom. The van der Waals surface area contributed by atoms with E-state index in [1.165, 1.54) is 12.1 Å². The second-order valence-electron chi connectivity index (χ2n) is 8.32. The summed E-state index contributed by atoms with van der Waals surface area (Å²) in [6.07, 6.45) is 0.646. The molecule has 0 aliphatic carbocycles. The molecule has 168 valence electrons. The summed E-state index contributed by atoms with van der Waals surface area (Å²) in [5.41, 5.74) is 2.91. The molecule has 7 heteroatoms. The summed E-state index contributed by atoms with van der Waals surface area (Å²) < 4.78 is 42.0. The van der Waals surface area contributed by atoms with Crippen LogP contribution in [0, 0.1) is 23.6 Å². The van der Waals surface area contributed by atoms with Crippen molar-refractivity contribution in [2.45, 2.75) is 23.4 Å².